The van der Waals surface area contributed by atoms with Gasteiger partial charge in [-0.15, -0.1) is 0 Å². The summed E-state index contributed by atoms with van der Waals surface area (Å²) in [7, 11) is 0. The Kier molecular flexibility index (Phi) is 3.58. The van der Waals surface area contributed by atoms with Gasteiger partial charge in [0.2, 0.25) is 5.78 Å². The lowest BCUT2D eigenvalue weighted by Gasteiger charge is -2.04. The van der Waals surface area contributed by atoms with E-state index in [9.17, 15) is 13.6 Å². The first-order valence-corrected chi connectivity index (χ1v) is 4.54. The Morgan fingerprint density at radius 3 is 2.64 bits per heavy atom. The predicted molar refractivity (Wildman–Crippen MR) is 51.2 cm³/mol. The molecule has 76 valence electrons. The van der Waals surface area contributed by atoms with Gasteiger partial charge in [0.05, 0.1) is 0 Å². The van der Waals surface area contributed by atoms with Crippen molar-refractivity contribution in [2.75, 3.05) is 0 Å². The predicted octanol–water partition coefficient (Wildman–Crippen LogP) is 3.35. The molecule has 0 unspecified atom stereocenters. The van der Waals surface area contributed by atoms with E-state index in [2.05, 4.69) is 0 Å². The van der Waals surface area contributed by atoms with Gasteiger partial charge in [0.15, 0.2) is 0 Å². The molecule has 0 saturated heterocycles. The smallest absolute Gasteiger partial charge is 0.288 e. The van der Waals surface area contributed by atoms with E-state index in [4.69, 9.17) is 11.6 Å². The van der Waals surface area contributed by atoms with E-state index >= 15 is 0 Å². The van der Waals surface area contributed by atoms with Crippen molar-refractivity contribution in [1.29, 1.82) is 0 Å². The lowest BCUT2D eigenvalue weighted by Crippen LogP contribution is -2.10. The highest BCUT2D eigenvalue weighted by Crippen LogP contribution is 2.19. The summed E-state index contributed by atoms with van der Waals surface area (Å²) >= 11 is 5.78. The van der Waals surface area contributed by atoms with Gasteiger partial charge >= 0.3 is 6.43 Å². The molecule has 0 aliphatic heterocycles. The van der Waals surface area contributed by atoms with E-state index in [0.717, 1.165) is 0 Å². The lowest BCUT2D eigenvalue weighted by atomic mass is 10.1. The van der Waals surface area contributed by atoms with Gasteiger partial charge in [-0.05, 0) is 30.2 Å². The van der Waals surface area contributed by atoms with Crippen LogP contribution in [0.3, 0.4) is 0 Å². The van der Waals surface area contributed by atoms with Crippen LogP contribution in [-0.2, 0) is 6.42 Å². The van der Waals surface area contributed by atoms with E-state index in [-0.39, 0.29) is 5.56 Å². The van der Waals surface area contributed by atoms with Gasteiger partial charge in [-0.25, -0.2) is 8.78 Å². The van der Waals surface area contributed by atoms with Crippen molar-refractivity contribution in [3.8, 4) is 0 Å². The number of benzene rings is 1. The molecule has 1 rings (SSSR count). The highest BCUT2D eigenvalue weighted by atomic mass is 35.5. The Morgan fingerprint density at radius 2 is 2.14 bits per heavy atom. The Labute approximate surface area is 85.7 Å². The summed E-state index contributed by atoms with van der Waals surface area (Å²) in [4.78, 5) is 10.9. The molecule has 1 aromatic rings. The minimum Gasteiger partial charge on any atom is -0.288 e. The van der Waals surface area contributed by atoms with Crippen molar-refractivity contribution < 1.29 is 13.6 Å². The molecule has 0 spiro atoms. The topological polar surface area (TPSA) is 17.1 Å². The molecule has 0 amide bonds. The van der Waals surface area contributed by atoms with Crippen LogP contribution in [0.1, 0.15) is 22.8 Å². The minimum atomic E-state index is -2.96. The maximum absolute atomic E-state index is 12.1. The van der Waals surface area contributed by atoms with Gasteiger partial charge in [0, 0.05) is 10.6 Å². The molecule has 14 heavy (non-hydrogen) atoms. The molecule has 0 bridgehead atoms. The summed E-state index contributed by atoms with van der Waals surface area (Å²) in [5.41, 5.74) is 0.722. The zero-order valence-electron chi connectivity index (χ0n) is 7.56. The third-order valence-electron chi connectivity index (χ3n) is 1.91. The molecule has 4 heteroatoms. The molecule has 0 saturated carbocycles. The van der Waals surface area contributed by atoms with Crippen LogP contribution < -0.4 is 0 Å². The fraction of sp³-hybridized carbons (Fsp3) is 0.300. The minimum absolute atomic E-state index is 0.0150. The summed E-state index contributed by atoms with van der Waals surface area (Å²) in [5, 5.41) is 0.498. The number of carbonyl (C=O) groups excluding carboxylic acids is 1. The van der Waals surface area contributed by atoms with Crippen molar-refractivity contribution in [3.05, 3.63) is 34.3 Å². The first kappa shape index (κ1) is 11.1. The Balaban J connectivity index is 3.06. The van der Waals surface area contributed by atoms with Gasteiger partial charge in [0.25, 0.3) is 0 Å². The van der Waals surface area contributed by atoms with Crippen molar-refractivity contribution in [2.24, 2.45) is 0 Å². The second kappa shape index (κ2) is 4.51. The normalized spacial score (nSPS) is 10.6. The fourth-order valence-corrected chi connectivity index (χ4v) is 1.38. The Hall–Kier alpha value is -0.960. The molecule has 0 aliphatic rings. The highest BCUT2D eigenvalue weighted by Gasteiger charge is 2.18. The number of carbonyl (C=O) groups is 1. The molecule has 0 radical (unpaired) electrons. The molecule has 0 aromatic heterocycles. The van der Waals surface area contributed by atoms with E-state index in [1.165, 1.54) is 18.2 Å². The number of alkyl halides is 2. The summed E-state index contributed by atoms with van der Waals surface area (Å²) < 4.78 is 24.1. The van der Waals surface area contributed by atoms with E-state index in [1.807, 2.05) is 6.92 Å². The second-order valence-corrected chi connectivity index (χ2v) is 3.23. The van der Waals surface area contributed by atoms with Crippen LogP contribution in [0.2, 0.25) is 5.02 Å². The molecule has 0 fully saturated rings. The van der Waals surface area contributed by atoms with Crippen LogP contribution in [0, 0.1) is 0 Å². The van der Waals surface area contributed by atoms with Gasteiger partial charge < -0.3 is 0 Å². The Bertz CT molecular complexity index is 350. The molecular weight excluding hydrogens is 210 g/mol. The molecule has 0 N–H and O–H groups in total. The van der Waals surface area contributed by atoms with Gasteiger partial charge in [0.1, 0.15) is 0 Å². The third kappa shape index (κ3) is 2.29. The van der Waals surface area contributed by atoms with Crippen molar-refractivity contribution in [3.63, 3.8) is 0 Å². The standard InChI is InChI=1S/C10H9ClF2O/c1-2-6-5-7(3-4-8(6)11)9(14)10(12)13/h3-5,10H,2H2,1H3. The number of hydrogen-bond acceptors (Lipinski definition) is 1. The average molecular weight is 219 g/mol. The summed E-state index contributed by atoms with van der Waals surface area (Å²) in [6, 6.07) is 4.20. The lowest BCUT2D eigenvalue weighted by molar-refractivity contribution is 0.0678. The monoisotopic (exact) mass is 218 g/mol. The molecular formula is C10H9ClF2O. The number of hydrogen-bond donors (Lipinski definition) is 0. The largest absolute Gasteiger partial charge is 0.300 e. The van der Waals surface area contributed by atoms with Crippen molar-refractivity contribution >= 4 is 17.4 Å². The van der Waals surface area contributed by atoms with Crippen molar-refractivity contribution in [2.45, 2.75) is 19.8 Å². The molecule has 0 atom stereocenters. The average Bonchev–Trinajstić information content (AvgIpc) is 2.17. The summed E-state index contributed by atoms with van der Waals surface area (Å²) in [5.74, 6) is -1.16. The molecule has 0 aliphatic carbocycles. The zero-order valence-corrected chi connectivity index (χ0v) is 8.31. The number of halogens is 3. The first-order chi connectivity index (χ1) is 6.56. The number of Topliss-reactive ketones (excluding diaryl/α,β-unsaturated/α-hetero) is 1. The maximum Gasteiger partial charge on any atom is 0.300 e. The molecule has 1 aromatic carbocycles. The van der Waals surface area contributed by atoms with Crippen LogP contribution in [-0.4, -0.2) is 12.2 Å². The summed E-state index contributed by atoms with van der Waals surface area (Å²) in [6.45, 7) is 1.85. The van der Waals surface area contributed by atoms with E-state index in [1.54, 1.807) is 0 Å². The Morgan fingerprint density at radius 1 is 1.50 bits per heavy atom. The quantitative estimate of drug-likeness (QED) is 0.711. The molecule has 0 heterocycles. The van der Waals surface area contributed by atoms with Gasteiger partial charge in [-0.2, -0.15) is 0 Å². The highest BCUT2D eigenvalue weighted by molar-refractivity contribution is 6.31. The fourth-order valence-electron chi connectivity index (χ4n) is 1.12. The third-order valence-corrected chi connectivity index (χ3v) is 2.28. The van der Waals surface area contributed by atoms with Crippen molar-refractivity contribution in [1.82, 2.24) is 0 Å². The number of ketones is 1. The van der Waals surface area contributed by atoms with Gasteiger partial charge in [-0.3, -0.25) is 4.79 Å². The second-order valence-electron chi connectivity index (χ2n) is 2.82. The number of aryl methyl sites for hydroxylation is 1. The van der Waals surface area contributed by atoms with Crippen LogP contribution in [0.15, 0.2) is 18.2 Å². The molecule has 1 nitrogen and oxygen atoms in total. The SMILES string of the molecule is CCc1cc(C(=O)C(F)F)ccc1Cl. The van der Waals surface area contributed by atoms with E-state index < -0.39 is 12.2 Å². The number of rotatable bonds is 3. The van der Waals surface area contributed by atoms with E-state index in [0.29, 0.717) is 17.0 Å². The first-order valence-electron chi connectivity index (χ1n) is 4.17. The summed E-state index contributed by atoms with van der Waals surface area (Å²) in [6.07, 6.45) is -2.34. The zero-order chi connectivity index (χ0) is 10.7. The van der Waals surface area contributed by atoms with Crippen LogP contribution in [0.5, 0.6) is 0 Å². The van der Waals surface area contributed by atoms with Gasteiger partial charge in [-0.1, -0.05) is 18.5 Å². The van der Waals surface area contributed by atoms with Crippen LogP contribution >= 0.6 is 11.6 Å². The maximum atomic E-state index is 12.1. The van der Waals surface area contributed by atoms with Crippen LogP contribution in [0.25, 0.3) is 0 Å². The van der Waals surface area contributed by atoms with Crippen LogP contribution in [0.4, 0.5) is 8.78 Å².